The predicted octanol–water partition coefficient (Wildman–Crippen LogP) is 2.91. The fourth-order valence-corrected chi connectivity index (χ4v) is 1.93. The van der Waals surface area contributed by atoms with Crippen molar-refractivity contribution >= 4 is 5.65 Å². The first-order valence-corrected chi connectivity index (χ1v) is 6.03. The van der Waals surface area contributed by atoms with E-state index in [0.717, 1.165) is 22.7 Å². The maximum absolute atomic E-state index is 4.62. The third-order valence-corrected chi connectivity index (χ3v) is 2.87. The molecule has 0 fully saturated rings. The minimum atomic E-state index is 0.304. The van der Waals surface area contributed by atoms with E-state index in [1.165, 1.54) is 0 Å². The summed E-state index contributed by atoms with van der Waals surface area (Å²) in [6, 6.07) is 14.0. The maximum Gasteiger partial charge on any atom is 0.177 e. The number of rotatable bonds is 2. The standard InChI is InChI=1S/C14H14N4/c1-10(2)14-16-15-13-9-8-12(17-18(13)14)11-6-4-3-5-7-11/h3-10H,1-2H3. The molecule has 0 unspecified atom stereocenters. The molecule has 4 heteroatoms. The first kappa shape index (κ1) is 10.9. The Labute approximate surface area is 105 Å². The van der Waals surface area contributed by atoms with Crippen molar-refractivity contribution in [3.8, 4) is 11.3 Å². The van der Waals surface area contributed by atoms with Gasteiger partial charge >= 0.3 is 0 Å². The van der Waals surface area contributed by atoms with E-state index < -0.39 is 0 Å². The Morgan fingerprint density at radius 1 is 0.944 bits per heavy atom. The molecule has 0 aliphatic rings. The van der Waals surface area contributed by atoms with E-state index >= 15 is 0 Å². The smallest absolute Gasteiger partial charge is 0.177 e. The molecule has 0 aliphatic heterocycles. The Kier molecular flexibility index (Phi) is 2.55. The van der Waals surface area contributed by atoms with Gasteiger partial charge in [0.05, 0.1) is 5.69 Å². The summed E-state index contributed by atoms with van der Waals surface area (Å²) in [4.78, 5) is 0. The molecule has 0 saturated carbocycles. The van der Waals surface area contributed by atoms with Crippen molar-refractivity contribution in [3.63, 3.8) is 0 Å². The van der Waals surface area contributed by atoms with Crippen molar-refractivity contribution in [1.29, 1.82) is 0 Å². The van der Waals surface area contributed by atoms with Crippen LogP contribution in [0.3, 0.4) is 0 Å². The molecule has 3 rings (SSSR count). The van der Waals surface area contributed by atoms with E-state index in [1.54, 1.807) is 0 Å². The summed E-state index contributed by atoms with van der Waals surface area (Å²) in [5.74, 6) is 1.20. The van der Waals surface area contributed by atoms with Crippen LogP contribution in [0.2, 0.25) is 0 Å². The minimum Gasteiger partial charge on any atom is -0.197 e. The number of hydrogen-bond acceptors (Lipinski definition) is 3. The molecule has 0 radical (unpaired) electrons. The van der Waals surface area contributed by atoms with Gasteiger partial charge in [0.2, 0.25) is 0 Å². The van der Waals surface area contributed by atoms with Crippen molar-refractivity contribution < 1.29 is 0 Å². The summed E-state index contributed by atoms with van der Waals surface area (Å²) < 4.78 is 1.83. The lowest BCUT2D eigenvalue weighted by Gasteiger charge is -2.04. The van der Waals surface area contributed by atoms with Crippen LogP contribution in [0.1, 0.15) is 25.6 Å². The summed E-state index contributed by atoms with van der Waals surface area (Å²) >= 11 is 0. The lowest BCUT2D eigenvalue weighted by Crippen LogP contribution is -2.01. The van der Waals surface area contributed by atoms with Crippen LogP contribution >= 0.6 is 0 Å². The third-order valence-electron chi connectivity index (χ3n) is 2.87. The fourth-order valence-electron chi connectivity index (χ4n) is 1.93. The van der Waals surface area contributed by atoms with Crippen molar-refractivity contribution in [2.45, 2.75) is 19.8 Å². The van der Waals surface area contributed by atoms with Crippen LogP contribution in [0.4, 0.5) is 0 Å². The van der Waals surface area contributed by atoms with Crippen LogP contribution in [0.5, 0.6) is 0 Å². The highest BCUT2D eigenvalue weighted by Gasteiger charge is 2.11. The first-order chi connectivity index (χ1) is 8.75. The van der Waals surface area contributed by atoms with Crippen molar-refractivity contribution in [2.75, 3.05) is 0 Å². The summed E-state index contributed by atoms with van der Waals surface area (Å²) in [6.45, 7) is 4.18. The number of fused-ring (bicyclic) bond motifs is 1. The molecular weight excluding hydrogens is 224 g/mol. The molecule has 0 N–H and O–H groups in total. The van der Waals surface area contributed by atoms with Crippen molar-refractivity contribution in [1.82, 2.24) is 19.8 Å². The molecule has 4 nitrogen and oxygen atoms in total. The minimum absolute atomic E-state index is 0.304. The topological polar surface area (TPSA) is 43.1 Å². The summed E-state index contributed by atoms with van der Waals surface area (Å²) in [5.41, 5.74) is 2.82. The molecule has 2 aromatic heterocycles. The Morgan fingerprint density at radius 2 is 1.72 bits per heavy atom. The van der Waals surface area contributed by atoms with Gasteiger partial charge in [-0.05, 0) is 12.1 Å². The first-order valence-electron chi connectivity index (χ1n) is 6.03. The van der Waals surface area contributed by atoms with Crippen molar-refractivity contribution in [2.24, 2.45) is 0 Å². The monoisotopic (exact) mass is 238 g/mol. The molecular formula is C14H14N4. The second kappa shape index (κ2) is 4.22. The molecule has 0 spiro atoms. The van der Waals surface area contributed by atoms with Crippen LogP contribution in [0.15, 0.2) is 42.5 Å². The lowest BCUT2D eigenvalue weighted by atomic mass is 10.1. The van der Waals surface area contributed by atoms with Crippen LogP contribution < -0.4 is 0 Å². The second-order valence-electron chi connectivity index (χ2n) is 4.57. The van der Waals surface area contributed by atoms with E-state index in [4.69, 9.17) is 0 Å². The average molecular weight is 238 g/mol. The van der Waals surface area contributed by atoms with Gasteiger partial charge in [-0.2, -0.15) is 9.61 Å². The Bertz CT molecular complexity index is 671. The van der Waals surface area contributed by atoms with E-state index in [-0.39, 0.29) is 0 Å². The lowest BCUT2D eigenvalue weighted by molar-refractivity contribution is 0.722. The Balaban J connectivity index is 2.18. The molecule has 0 bridgehead atoms. The zero-order chi connectivity index (χ0) is 12.5. The highest BCUT2D eigenvalue weighted by Crippen LogP contribution is 2.18. The van der Waals surface area contributed by atoms with Gasteiger partial charge in [-0.25, -0.2) is 0 Å². The number of benzene rings is 1. The highest BCUT2D eigenvalue weighted by atomic mass is 15.4. The SMILES string of the molecule is CC(C)c1nnc2ccc(-c3ccccc3)nn12. The van der Waals surface area contributed by atoms with Crippen LogP contribution in [0.25, 0.3) is 16.9 Å². The molecule has 90 valence electrons. The second-order valence-corrected chi connectivity index (χ2v) is 4.57. The molecule has 0 amide bonds. The maximum atomic E-state index is 4.62. The van der Waals surface area contributed by atoms with Gasteiger partial charge in [-0.3, -0.25) is 0 Å². The van der Waals surface area contributed by atoms with Gasteiger partial charge in [0.15, 0.2) is 11.5 Å². The number of hydrogen-bond donors (Lipinski definition) is 0. The van der Waals surface area contributed by atoms with E-state index in [0.29, 0.717) is 5.92 Å². The Morgan fingerprint density at radius 3 is 2.44 bits per heavy atom. The molecule has 1 aromatic carbocycles. The average Bonchev–Trinajstić information content (AvgIpc) is 2.82. The van der Waals surface area contributed by atoms with Gasteiger partial charge in [0.1, 0.15) is 0 Å². The summed E-state index contributed by atoms with van der Waals surface area (Å²) in [5, 5.41) is 12.9. The normalized spacial score (nSPS) is 11.3. The van der Waals surface area contributed by atoms with Crippen LogP contribution in [0, 0.1) is 0 Å². The largest absolute Gasteiger partial charge is 0.197 e. The highest BCUT2D eigenvalue weighted by molar-refractivity contribution is 5.59. The fraction of sp³-hybridized carbons (Fsp3) is 0.214. The summed E-state index contributed by atoms with van der Waals surface area (Å²) in [6.07, 6.45) is 0. The molecule has 0 saturated heterocycles. The Hall–Kier alpha value is -2.23. The summed E-state index contributed by atoms with van der Waals surface area (Å²) in [7, 11) is 0. The van der Waals surface area contributed by atoms with E-state index in [1.807, 2.05) is 47.0 Å². The van der Waals surface area contributed by atoms with Crippen LogP contribution in [-0.4, -0.2) is 19.8 Å². The zero-order valence-electron chi connectivity index (χ0n) is 10.4. The van der Waals surface area contributed by atoms with Gasteiger partial charge in [-0.1, -0.05) is 44.2 Å². The number of aromatic nitrogens is 4. The van der Waals surface area contributed by atoms with Crippen molar-refractivity contribution in [3.05, 3.63) is 48.3 Å². The number of nitrogens with zero attached hydrogens (tertiary/aromatic N) is 4. The van der Waals surface area contributed by atoms with Gasteiger partial charge < -0.3 is 0 Å². The van der Waals surface area contributed by atoms with Gasteiger partial charge in [0.25, 0.3) is 0 Å². The van der Waals surface area contributed by atoms with E-state index in [2.05, 4.69) is 29.1 Å². The predicted molar refractivity (Wildman–Crippen MR) is 70.3 cm³/mol. The molecule has 3 aromatic rings. The molecule has 18 heavy (non-hydrogen) atoms. The van der Waals surface area contributed by atoms with Gasteiger partial charge in [0, 0.05) is 11.5 Å². The molecule has 0 atom stereocenters. The zero-order valence-corrected chi connectivity index (χ0v) is 10.4. The van der Waals surface area contributed by atoms with E-state index in [9.17, 15) is 0 Å². The third kappa shape index (κ3) is 1.76. The quantitative estimate of drug-likeness (QED) is 0.689. The van der Waals surface area contributed by atoms with Gasteiger partial charge in [-0.15, -0.1) is 10.2 Å². The van der Waals surface area contributed by atoms with Crippen LogP contribution in [-0.2, 0) is 0 Å². The molecule has 2 heterocycles. The molecule has 0 aliphatic carbocycles.